The van der Waals surface area contributed by atoms with Crippen molar-refractivity contribution in [2.45, 2.75) is 26.6 Å². The van der Waals surface area contributed by atoms with Gasteiger partial charge in [-0.3, -0.25) is 4.90 Å². The van der Waals surface area contributed by atoms with E-state index in [0.717, 1.165) is 30.3 Å². The lowest BCUT2D eigenvalue weighted by Gasteiger charge is -2.16. The molecule has 0 saturated carbocycles. The van der Waals surface area contributed by atoms with Gasteiger partial charge in [-0.05, 0) is 32.1 Å². The summed E-state index contributed by atoms with van der Waals surface area (Å²) in [5.74, 6) is 0. The quantitative estimate of drug-likeness (QED) is 0.878. The molecule has 1 aromatic carbocycles. The van der Waals surface area contributed by atoms with Crippen molar-refractivity contribution < 1.29 is 0 Å². The summed E-state index contributed by atoms with van der Waals surface area (Å²) in [5, 5.41) is 6.44. The standard InChI is InChI=1S/C15H21N3S/c1-12-6-4-5-7-13(12)9-18(3)10-14-11-19-15(17-14)8-16-2/h4-7,11,16H,8-10H2,1-3H3. The highest BCUT2D eigenvalue weighted by molar-refractivity contribution is 7.09. The maximum absolute atomic E-state index is 4.62. The molecule has 2 aromatic rings. The number of thiazole rings is 1. The Morgan fingerprint density at radius 1 is 1.26 bits per heavy atom. The van der Waals surface area contributed by atoms with Crippen molar-refractivity contribution in [1.29, 1.82) is 0 Å². The molecule has 4 heteroatoms. The number of hydrogen-bond acceptors (Lipinski definition) is 4. The van der Waals surface area contributed by atoms with Crippen LogP contribution in [0.4, 0.5) is 0 Å². The average molecular weight is 275 g/mol. The fraction of sp³-hybridized carbons (Fsp3) is 0.400. The lowest BCUT2D eigenvalue weighted by Crippen LogP contribution is -2.18. The van der Waals surface area contributed by atoms with Crippen LogP contribution in [0.5, 0.6) is 0 Å². The fourth-order valence-corrected chi connectivity index (χ4v) is 2.86. The zero-order valence-corrected chi connectivity index (χ0v) is 12.6. The van der Waals surface area contributed by atoms with Gasteiger partial charge in [-0.25, -0.2) is 4.98 Å². The third-order valence-corrected chi connectivity index (χ3v) is 3.96. The SMILES string of the molecule is CNCc1nc(CN(C)Cc2ccccc2C)cs1. The van der Waals surface area contributed by atoms with Gasteiger partial charge in [-0.1, -0.05) is 24.3 Å². The summed E-state index contributed by atoms with van der Waals surface area (Å²) in [6, 6.07) is 8.55. The Labute approximate surface area is 119 Å². The number of nitrogens with one attached hydrogen (secondary N) is 1. The fourth-order valence-electron chi connectivity index (χ4n) is 2.06. The minimum Gasteiger partial charge on any atom is -0.314 e. The summed E-state index contributed by atoms with van der Waals surface area (Å²) < 4.78 is 0. The van der Waals surface area contributed by atoms with Gasteiger partial charge >= 0.3 is 0 Å². The zero-order valence-electron chi connectivity index (χ0n) is 11.8. The Bertz CT molecular complexity index is 522. The second-order valence-corrected chi connectivity index (χ2v) is 5.80. The van der Waals surface area contributed by atoms with E-state index in [-0.39, 0.29) is 0 Å². The molecule has 0 aliphatic rings. The highest BCUT2D eigenvalue weighted by Crippen LogP contribution is 2.14. The highest BCUT2D eigenvalue weighted by atomic mass is 32.1. The average Bonchev–Trinajstić information content (AvgIpc) is 2.80. The van der Waals surface area contributed by atoms with Gasteiger partial charge in [-0.15, -0.1) is 11.3 Å². The van der Waals surface area contributed by atoms with Crippen LogP contribution in [0.15, 0.2) is 29.6 Å². The minimum absolute atomic E-state index is 0.853. The van der Waals surface area contributed by atoms with Crippen molar-refractivity contribution in [2.75, 3.05) is 14.1 Å². The van der Waals surface area contributed by atoms with E-state index >= 15 is 0 Å². The molecule has 0 fully saturated rings. The molecule has 0 radical (unpaired) electrons. The van der Waals surface area contributed by atoms with Crippen LogP contribution < -0.4 is 5.32 Å². The monoisotopic (exact) mass is 275 g/mol. The van der Waals surface area contributed by atoms with Crippen LogP contribution in [0.25, 0.3) is 0 Å². The summed E-state index contributed by atoms with van der Waals surface area (Å²) in [6.07, 6.45) is 0. The maximum atomic E-state index is 4.62. The van der Waals surface area contributed by atoms with Gasteiger partial charge in [-0.2, -0.15) is 0 Å². The zero-order chi connectivity index (χ0) is 13.7. The Kier molecular flexibility index (Phi) is 5.07. The van der Waals surface area contributed by atoms with Gasteiger partial charge in [0.05, 0.1) is 5.69 Å². The molecule has 3 nitrogen and oxygen atoms in total. The molecule has 0 saturated heterocycles. The van der Waals surface area contributed by atoms with Crippen molar-refractivity contribution in [3.8, 4) is 0 Å². The summed E-state index contributed by atoms with van der Waals surface area (Å²) in [4.78, 5) is 6.92. The molecule has 0 atom stereocenters. The Hall–Kier alpha value is -1.23. The number of rotatable bonds is 6. The molecular weight excluding hydrogens is 254 g/mol. The van der Waals surface area contributed by atoms with E-state index in [0.29, 0.717) is 0 Å². The first-order valence-corrected chi connectivity index (χ1v) is 7.38. The molecule has 1 aromatic heterocycles. The van der Waals surface area contributed by atoms with Gasteiger partial charge in [0.1, 0.15) is 5.01 Å². The summed E-state index contributed by atoms with van der Waals surface area (Å²) >= 11 is 1.73. The van der Waals surface area contributed by atoms with E-state index < -0.39 is 0 Å². The molecule has 0 amide bonds. The minimum atomic E-state index is 0.853. The van der Waals surface area contributed by atoms with Gasteiger partial charge in [0.25, 0.3) is 0 Å². The molecule has 19 heavy (non-hydrogen) atoms. The van der Waals surface area contributed by atoms with Crippen LogP contribution in [0.2, 0.25) is 0 Å². The second kappa shape index (κ2) is 6.80. The third kappa shape index (κ3) is 4.13. The third-order valence-electron chi connectivity index (χ3n) is 3.06. The number of hydrogen-bond donors (Lipinski definition) is 1. The number of aromatic nitrogens is 1. The van der Waals surface area contributed by atoms with Crippen molar-refractivity contribution in [3.63, 3.8) is 0 Å². The van der Waals surface area contributed by atoms with E-state index in [2.05, 4.69) is 58.8 Å². The van der Waals surface area contributed by atoms with E-state index in [4.69, 9.17) is 0 Å². The van der Waals surface area contributed by atoms with E-state index in [1.807, 2.05) is 7.05 Å². The van der Waals surface area contributed by atoms with Crippen molar-refractivity contribution in [2.24, 2.45) is 0 Å². The molecule has 0 unspecified atom stereocenters. The van der Waals surface area contributed by atoms with Gasteiger partial charge < -0.3 is 5.32 Å². The van der Waals surface area contributed by atoms with E-state index in [9.17, 15) is 0 Å². The largest absolute Gasteiger partial charge is 0.314 e. The Morgan fingerprint density at radius 2 is 2.05 bits per heavy atom. The van der Waals surface area contributed by atoms with E-state index in [1.165, 1.54) is 11.1 Å². The number of benzene rings is 1. The molecule has 102 valence electrons. The Morgan fingerprint density at radius 3 is 2.79 bits per heavy atom. The van der Waals surface area contributed by atoms with Crippen molar-refractivity contribution in [3.05, 3.63) is 51.5 Å². The summed E-state index contributed by atoms with van der Waals surface area (Å²) in [7, 11) is 4.09. The Balaban J connectivity index is 1.93. The molecule has 0 aliphatic carbocycles. The first kappa shape index (κ1) is 14.2. The first-order chi connectivity index (χ1) is 9.19. The number of nitrogens with zero attached hydrogens (tertiary/aromatic N) is 2. The summed E-state index contributed by atoms with van der Waals surface area (Å²) in [6.45, 7) is 4.88. The molecular formula is C15H21N3S. The first-order valence-electron chi connectivity index (χ1n) is 6.50. The van der Waals surface area contributed by atoms with E-state index in [1.54, 1.807) is 11.3 Å². The van der Waals surface area contributed by atoms with Gasteiger partial charge in [0, 0.05) is 25.0 Å². The van der Waals surface area contributed by atoms with Crippen LogP contribution in [0.3, 0.4) is 0 Å². The van der Waals surface area contributed by atoms with Crippen LogP contribution in [-0.4, -0.2) is 24.0 Å². The smallest absolute Gasteiger partial charge is 0.107 e. The topological polar surface area (TPSA) is 28.2 Å². The molecule has 2 rings (SSSR count). The maximum Gasteiger partial charge on any atom is 0.107 e. The molecule has 1 N–H and O–H groups in total. The predicted octanol–water partition coefficient (Wildman–Crippen LogP) is 2.80. The van der Waals surface area contributed by atoms with Crippen LogP contribution in [0, 0.1) is 6.92 Å². The molecule has 0 bridgehead atoms. The second-order valence-electron chi connectivity index (χ2n) is 4.86. The molecule has 0 spiro atoms. The predicted molar refractivity (Wildman–Crippen MR) is 81.2 cm³/mol. The van der Waals surface area contributed by atoms with Crippen LogP contribution in [-0.2, 0) is 19.6 Å². The van der Waals surface area contributed by atoms with Crippen LogP contribution in [0.1, 0.15) is 21.8 Å². The lowest BCUT2D eigenvalue weighted by molar-refractivity contribution is 0.315. The molecule has 0 aliphatic heterocycles. The highest BCUT2D eigenvalue weighted by Gasteiger charge is 2.06. The molecule has 1 heterocycles. The van der Waals surface area contributed by atoms with Gasteiger partial charge in [0.15, 0.2) is 0 Å². The van der Waals surface area contributed by atoms with Crippen LogP contribution >= 0.6 is 11.3 Å². The normalized spacial score (nSPS) is 11.2. The summed E-state index contributed by atoms with van der Waals surface area (Å²) in [5.41, 5.74) is 3.89. The van der Waals surface area contributed by atoms with Gasteiger partial charge in [0.2, 0.25) is 0 Å². The van der Waals surface area contributed by atoms with Crippen molar-refractivity contribution in [1.82, 2.24) is 15.2 Å². The lowest BCUT2D eigenvalue weighted by atomic mass is 10.1. The number of aryl methyl sites for hydroxylation is 1. The van der Waals surface area contributed by atoms with Crippen molar-refractivity contribution >= 4 is 11.3 Å².